The van der Waals surface area contributed by atoms with E-state index in [4.69, 9.17) is 21.1 Å². The van der Waals surface area contributed by atoms with E-state index in [1.54, 1.807) is 25.4 Å². The van der Waals surface area contributed by atoms with Crippen LogP contribution >= 0.6 is 11.6 Å². The van der Waals surface area contributed by atoms with Crippen molar-refractivity contribution in [3.8, 4) is 0 Å². The standard InChI is InChI=1S/C27H27ClFN7O4/c1-39-14-17-12-36(13-17)21-5-2-16(9-30-21)10-31-25(37)18-8-22(34-32-11-18)35-7-6-27(15-35)23-20(33-26(38)40-27)4-3-19(28)24(23)29/h2-5,8-9,11,17H,6-7,10,12-15H2,1H3,(H,31,37)(H,33,38)/t27-/m1/s1. The van der Waals surface area contributed by atoms with Gasteiger partial charge in [0.15, 0.2) is 17.2 Å². The molecule has 1 atom stereocenters. The van der Waals surface area contributed by atoms with Crippen molar-refractivity contribution in [3.05, 3.63) is 70.3 Å². The van der Waals surface area contributed by atoms with Crippen LogP contribution in [0, 0.1) is 11.7 Å². The van der Waals surface area contributed by atoms with E-state index in [0.29, 0.717) is 42.5 Å². The molecule has 11 nitrogen and oxygen atoms in total. The molecular weight excluding hydrogens is 541 g/mol. The van der Waals surface area contributed by atoms with E-state index in [-0.39, 0.29) is 23.0 Å². The summed E-state index contributed by atoms with van der Waals surface area (Å²) in [5.74, 6) is 0.882. The zero-order valence-electron chi connectivity index (χ0n) is 21.7. The van der Waals surface area contributed by atoms with Gasteiger partial charge in [0.1, 0.15) is 5.82 Å². The lowest BCUT2D eigenvalue weighted by molar-refractivity contribution is 0.0263. The summed E-state index contributed by atoms with van der Waals surface area (Å²) in [4.78, 5) is 33.7. The smallest absolute Gasteiger partial charge is 0.412 e. The van der Waals surface area contributed by atoms with Crippen LogP contribution in [0.3, 0.4) is 0 Å². The summed E-state index contributed by atoms with van der Waals surface area (Å²) in [7, 11) is 1.71. The van der Waals surface area contributed by atoms with Crippen LogP contribution in [0.5, 0.6) is 0 Å². The van der Waals surface area contributed by atoms with Gasteiger partial charge in [-0.2, -0.15) is 5.10 Å². The summed E-state index contributed by atoms with van der Waals surface area (Å²) < 4.78 is 25.9. The Kier molecular flexibility index (Phi) is 6.88. The molecule has 40 heavy (non-hydrogen) atoms. The molecule has 2 fully saturated rings. The minimum absolute atomic E-state index is 0.0594. The number of amides is 2. The predicted octanol–water partition coefficient (Wildman–Crippen LogP) is 3.34. The average Bonchev–Trinajstić information content (AvgIpc) is 3.35. The van der Waals surface area contributed by atoms with E-state index < -0.39 is 17.5 Å². The van der Waals surface area contributed by atoms with E-state index >= 15 is 4.39 Å². The summed E-state index contributed by atoms with van der Waals surface area (Å²) in [5, 5.41) is 13.5. The van der Waals surface area contributed by atoms with Gasteiger partial charge in [-0.05, 0) is 29.8 Å². The first kappa shape index (κ1) is 26.2. The lowest BCUT2D eigenvalue weighted by Crippen LogP contribution is -2.49. The molecule has 3 aliphatic rings. The second kappa shape index (κ2) is 10.5. The van der Waals surface area contributed by atoms with Crippen molar-refractivity contribution in [3.63, 3.8) is 0 Å². The Morgan fingerprint density at radius 1 is 1.25 bits per heavy atom. The Morgan fingerprint density at radius 2 is 2.10 bits per heavy atom. The van der Waals surface area contributed by atoms with Crippen molar-refractivity contribution in [2.45, 2.75) is 18.6 Å². The van der Waals surface area contributed by atoms with Crippen LogP contribution in [0.1, 0.15) is 27.9 Å². The van der Waals surface area contributed by atoms with E-state index in [2.05, 4.69) is 30.7 Å². The van der Waals surface area contributed by atoms with E-state index in [9.17, 15) is 9.59 Å². The SMILES string of the molecule is COCC1CN(c2ccc(CNC(=O)c3cnnc(N4CC[C@]5(C4)OC(=O)Nc4ccc(Cl)c(F)c45)c3)cn2)C1. The summed E-state index contributed by atoms with van der Waals surface area (Å²) in [6.45, 7) is 3.41. The summed E-state index contributed by atoms with van der Waals surface area (Å²) in [5.41, 5.74) is 0.459. The predicted molar refractivity (Wildman–Crippen MR) is 145 cm³/mol. The van der Waals surface area contributed by atoms with Crippen LogP contribution in [0.4, 0.5) is 26.5 Å². The fourth-order valence-electron chi connectivity index (χ4n) is 5.45. The summed E-state index contributed by atoms with van der Waals surface area (Å²) in [6.07, 6.45) is 2.78. The Labute approximate surface area is 234 Å². The van der Waals surface area contributed by atoms with Crippen molar-refractivity contribution < 1.29 is 23.5 Å². The average molecular weight is 568 g/mol. The first-order chi connectivity index (χ1) is 19.3. The number of halogens is 2. The first-order valence-electron chi connectivity index (χ1n) is 12.9. The summed E-state index contributed by atoms with van der Waals surface area (Å²) in [6, 6.07) is 8.45. The lowest BCUT2D eigenvalue weighted by atomic mass is 9.89. The van der Waals surface area contributed by atoms with Gasteiger partial charge < -0.3 is 24.6 Å². The minimum atomic E-state index is -1.24. The molecule has 3 aliphatic heterocycles. The third-order valence-corrected chi connectivity index (χ3v) is 7.77. The largest absolute Gasteiger partial charge is 0.436 e. The number of methoxy groups -OCH3 is 1. The maximum atomic E-state index is 15.1. The molecule has 2 saturated heterocycles. The van der Waals surface area contributed by atoms with E-state index in [1.165, 1.54) is 12.3 Å². The van der Waals surface area contributed by atoms with Crippen LogP contribution in [0.25, 0.3) is 0 Å². The zero-order chi connectivity index (χ0) is 27.9. The molecule has 2 amide bonds. The van der Waals surface area contributed by atoms with Crippen molar-refractivity contribution in [2.75, 3.05) is 55.0 Å². The fourth-order valence-corrected chi connectivity index (χ4v) is 5.61. The third kappa shape index (κ3) is 4.88. The highest BCUT2D eigenvalue weighted by Crippen LogP contribution is 2.46. The van der Waals surface area contributed by atoms with Crippen LogP contribution in [0.2, 0.25) is 5.02 Å². The van der Waals surface area contributed by atoms with Gasteiger partial charge >= 0.3 is 6.09 Å². The molecule has 1 aromatic carbocycles. The van der Waals surface area contributed by atoms with E-state index in [1.807, 2.05) is 17.0 Å². The number of aromatic nitrogens is 3. The number of carbonyl (C=O) groups excluding carboxylic acids is 2. The van der Waals surface area contributed by atoms with Crippen LogP contribution in [0.15, 0.2) is 42.7 Å². The highest BCUT2D eigenvalue weighted by Gasteiger charge is 2.50. The molecule has 2 aromatic heterocycles. The number of nitrogens with one attached hydrogen (secondary N) is 2. The Balaban J connectivity index is 1.10. The topological polar surface area (TPSA) is 122 Å². The van der Waals surface area contributed by atoms with Crippen LogP contribution < -0.4 is 20.4 Å². The van der Waals surface area contributed by atoms with Gasteiger partial charge in [-0.1, -0.05) is 17.7 Å². The van der Waals surface area contributed by atoms with Gasteiger partial charge in [-0.15, -0.1) is 5.10 Å². The molecule has 0 radical (unpaired) electrons. The third-order valence-electron chi connectivity index (χ3n) is 7.48. The van der Waals surface area contributed by atoms with Gasteiger partial charge in [0.25, 0.3) is 5.91 Å². The molecule has 5 heterocycles. The number of fused-ring (bicyclic) bond motifs is 2. The maximum absolute atomic E-state index is 15.1. The molecule has 0 unspecified atom stereocenters. The number of benzene rings is 1. The first-order valence-corrected chi connectivity index (χ1v) is 13.3. The van der Waals surface area contributed by atoms with Gasteiger partial charge in [0.2, 0.25) is 0 Å². The van der Waals surface area contributed by atoms with Gasteiger partial charge in [0, 0.05) is 51.8 Å². The highest BCUT2D eigenvalue weighted by atomic mass is 35.5. The number of pyridine rings is 1. The second-order valence-corrected chi connectivity index (χ2v) is 10.6. The zero-order valence-corrected chi connectivity index (χ0v) is 22.4. The monoisotopic (exact) mass is 567 g/mol. The molecule has 1 spiro atoms. The highest BCUT2D eigenvalue weighted by molar-refractivity contribution is 6.31. The molecule has 208 valence electrons. The number of nitrogens with zero attached hydrogens (tertiary/aromatic N) is 5. The van der Waals surface area contributed by atoms with Crippen molar-refractivity contribution in [2.24, 2.45) is 5.92 Å². The Bertz CT molecular complexity index is 1450. The lowest BCUT2D eigenvalue weighted by Gasteiger charge is -2.39. The fraction of sp³-hybridized carbons (Fsp3) is 0.370. The number of hydrogen-bond donors (Lipinski definition) is 2. The quantitative estimate of drug-likeness (QED) is 0.442. The molecule has 3 aromatic rings. The van der Waals surface area contributed by atoms with Gasteiger partial charge in [0.05, 0.1) is 41.2 Å². The summed E-state index contributed by atoms with van der Waals surface area (Å²) >= 11 is 6.04. The Hall–Kier alpha value is -4.03. The van der Waals surface area contributed by atoms with Gasteiger partial charge in [-0.25, -0.2) is 14.2 Å². The number of anilines is 3. The molecular formula is C27H27ClFN7O4. The second-order valence-electron chi connectivity index (χ2n) is 10.2. The molecule has 0 bridgehead atoms. The maximum Gasteiger partial charge on any atom is 0.412 e. The number of ether oxygens (including phenoxy) is 2. The number of hydrogen-bond acceptors (Lipinski definition) is 9. The van der Waals surface area contributed by atoms with Gasteiger partial charge in [-0.3, -0.25) is 10.1 Å². The van der Waals surface area contributed by atoms with Crippen LogP contribution in [-0.4, -0.2) is 67.1 Å². The van der Waals surface area contributed by atoms with Crippen molar-refractivity contribution in [1.29, 1.82) is 0 Å². The molecule has 2 N–H and O–H groups in total. The minimum Gasteiger partial charge on any atom is -0.436 e. The Morgan fingerprint density at radius 3 is 2.88 bits per heavy atom. The van der Waals surface area contributed by atoms with Crippen LogP contribution in [-0.2, 0) is 21.6 Å². The molecule has 0 aliphatic carbocycles. The molecule has 13 heteroatoms. The normalized spacial score (nSPS) is 20.1. The van der Waals surface area contributed by atoms with Crippen molar-refractivity contribution >= 4 is 40.9 Å². The van der Waals surface area contributed by atoms with Crippen molar-refractivity contribution in [1.82, 2.24) is 20.5 Å². The van der Waals surface area contributed by atoms with E-state index in [0.717, 1.165) is 31.1 Å². The number of carbonyl (C=O) groups is 2. The molecule has 0 saturated carbocycles. The number of rotatable bonds is 7. The molecule has 6 rings (SSSR count).